The van der Waals surface area contributed by atoms with Crippen molar-refractivity contribution in [2.45, 2.75) is 30.2 Å². The van der Waals surface area contributed by atoms with E-state index in [1.165, 1.54) is 12.1 Å². The van der Waals surface area contributed by atoms with Gasteiger partial charge in [0, 0.05) is 11.1 Å². The molecule has 0 atom stereocenters. The third kappa shape index (κ3) is 4.71. The van der Waals surface area contributed by atoms with E-state index in [4.69, 9.17) is 0 Å². The third-order valence-electron chi connectivity index (χ3n) is 5.14. The van der Waals surface area contributed by atoms with Crippen molar-refractivity contribution in [2.75, 3.05) is 0 Å². The van der Waals surface area contributed by atoms with Crippen LogP contribution >= 0.6 is 11.3 Å². The molecule has 3 heterocycles. The van der Waals surface area contributed by atoms with Crippen LogP contribution in [0.15, 0.2) is 65.7 Å². The molecule has 3 aromatic heterocycles. The van der Waals surface area contributed by atoms with E-state index < -0.39 is 44.3 Å². The molecule has 35 heavy (non-hydrogen) atoms. The zero-order valence-corrected chi connectivity index (χ0v) is 19.9. The first-order chi connectivity index (χ1) is 16.4. The summed E-state index contributed by atoms with van der Waals surface area (Å²) in [6, 6.07) is 12.6. The number of carboxylic acid groups (broad SMARTS) is 1. The van der Waals surface area contributed by atoms with Crippen LogP contribution in [-0.4, -0.2) is 34.4 Å². The largest absolute Gasteiger partial charge is 0.543 e. The number of aromatic carboxylic acids is 1. The number of sulfone groups is 1. The Balaban J connectivity index is 1.84. The van der Waals surface area contributed by atoms with Crippen molar-refractivity contribution in [2.24, 2.45) is 0 Å². The summed E-state index contributed by atoms with van der Waals surface area (Å²) < 4.78 is 66.7. The van der Waals surface area contributed by atoms with Gasteiger partial charge in [0.05, 0.1) is 26.7 Å². The number of carbonyl (C=O) groups excluding carboxylic acids is 1. The van der Waals surface area contributed by atoms with Crippen LogP contribution in [0.4, 0.5) is 13.2 Å². The predicted octanol–water partition coefficient (Wildman–Crippen LogP) is 4.23. The van der Waals surface area contributed by atoms with Gasteiger partial charge in [-0.3, -0.25) is 0 Å². The number of hydrogen-bond acceptors (Lipinski definition) is 7. The molecule has 7 nitrogen and oxygen atoms in total. The van der Waals surface area contributed by atoms with Gasteiger partial charge >= 0.3 is 6.18 Å². The number of halogens is 3. The molecule has 0 saturated carbocycles. The first-order valence-corrected chi connectivity index (χ1v) is 12.5. The highest BCUT2D eigenvalue weighted by atomic mass is 32.2. The molecule has 182 valence electrons. The van der Waals surface area contributed by atoms with Crippen LogP contribution in [0.1, 0.15) is 29.9 Å². The highest BCUT2D eigenvalue weighted by molar-refractivity contribution is 7.92. The van der Waals surface area contributed by atoms with E-state index in [-0.39, 0.29) is 10.6 Å². The Labute approximate surface area is 202 Å². The average molecular weight is 521 g/mol. The molecule has 0 aliphatic carbocycles. The van der Waals surface area contributed by atoms with E-state index in [2.05, 4.69) is 10.1 Å². The minimum absolute atomic E-state index is 0.0654. The Kier molecular flexibility index (Phi) is 6.28. The fourth-order valence-corrected chi connectivity index (χ4v) is 5.44. The second-order valence-electron chi connectivity index (χ2n) is 7.77. The van der Waals surface area contributed by atoms with Gasteiger partial charge in [0.15, 0.2) is 15.7 Å². The van der Waals surface area contributed by atoms with E-state index >= 15 is 0 Å². The number of nitrogens with zero attached hydrogens (tertiary/aromatic N) is 3. The molecule has 0 bridgehead atoms. The minimum Gasteiger partial charge on any atom is -0.543 e. The number of pyridine rings is 1. The molecule has 0 aliphatic rings. The van der Waals surface area contributed by atoms with Crippen LogP contribution in [0.3, 0.4) is 0 Å². The lowest BCUT2D eigenvalue weighted by molar-refractivity contribution is -0.255. The summed E-state index contributed by atoms with van der Waals surface area (Å²) in [5, 5.41) is 14.6. The Morgan fingerprint density at radius 3 is 2.43 bits per heavy atom. The summed E-state index contributed by atoms with van der Waals surface area (Å²) in [6.07, 6.45) is -3.60. The Morgan fingerprint density at radius 2 is 1.77 bits per heavy atom. The second kappa shape index (κ2) is 8.93. The molecule has 0 saturated heterocycles. The molecule has 0 fully saturated rings. The molecule has 0 amide bonds. The first-order valence-electron chi connectivity index (χ1n) is 10.2. The van der Waals surface area contributed by atoms with Gasteiger partial charge in [0.1, 0.15) is 11.3 Å². The molecule has 4 aromatic rings. The minimum atomic E-state index is -4.75. The van der Waals surface area contributed by atoms with Crippen LogP contribution in [0, 0.1) is 0 Å². The topological polar surface area (TPSA) is 105 Å². The van der Waals surface area contributed by atoms with E-state index in [0.717, 1.165) is 40.4 Å². The lowest BCUT2D eigenvalue weighted by Gasteiger charge is -2.13. The van der Waals surface area contributed by atoms with Crippen molar-refractivity contribution in [3.63, 3.8) is 0 Å². The molecular formula is C23H17F3N3O4S2-. The summed E-state index contributed by atoms with van der Waals surface area (Å²) in [7, 11) is -3.52. The Hall–Kier alpha value is -3.51. The van der Waals surface area contributed by atoms with Crippen LogP contribution in [-0.2, 0) is 16.0 Å². The maximum atomic E-state index is 13.6. The quantitative estimate of drug-likeness (QED) is 0.377. The van der Waals surface area contributed by atoms with Crippen molar-refractivity contribution in [3.05, 3.63) is 72.1 Å². The fraction of sp³-hybridized carbons (Fsp3) is 0.174. The summed E-state index contributed by atoms with van der Waals surface area (Å²) in [6.45, 7) is 3.16. The molecule has 0 unspecified atom stereocenters. The molecule has 0 N–H and O–H groups in total. The number of thiophene rings is 1. The summed E-state index contributed by atoms with van der Waals surface area (Å²) in [4.78, 5) is 16.4. The SMILES string of the molecule is CC(C)S(=O)(=O)c1cccc(-c2ccc(-c3cc(C(=O)[O-])nn3-c3ncccc3C(F)(F)F)s2)c1. The lowest BCUT2D eigenvalue weighted by Crippen LogP contribution is -2.23. The van der Waals surface area contributed by atoms with E-state index in [1.54, 1.807) is 38.1 Å². The summed E-state index contributed by atoms with van der Waals surface area (Å²) in [5.41, 5.74) is -0.991. The van der Waals surface area contributed by atoms with Gasteiger partial charge in [0.25, 0.3) is 0 Å². The van der Waals surface area contributed by atoms with Crippen LogP contribution in [0.5, 0.6) is 0 Å². The normalized spacial score (nSPS) is 12.3. The summed E-state index contributed by atoms with van der Waals surface area (Å²) in [5.74, 6) is -2.24. The highest BCUT2D eigenvalue weighted by Crippen LogP contribution is 2.38. The third-order valence-corrected chi connectivity index (χ3v) is 8.45. The van der Waals surface area contributed by atoms with Gasteiger partial charge in [-0.25, -0.2) is 18.1 Å². The number of rotatable bonds is 6. The fourth-order valence-electron chi connectivity index (χ4n) is 3.33. The Bertz CT molecular complexity index is 1520. The first kappa shape index (κ1) is 24.6. The maximum absolute atomic E-state index is 13.6. The zero-order chi connectivity index (χ0) is 25.5. The van der Waals surface area contributed by atoms with Gasteiger partial charge in [-0.15, -0.1) is 11.3 Å². The molecule has 0 radical (unpaired) electrons. The second-order valence-corrected chi connectivity index (χ2v) is 11.4. The molecule has 12 heteroatoms. The van der Waals surface area contributed by atoms with Crippen molar-refractivity contribution in [1.82, 2.24) is 14.8 Å². The number of hydrogen-bond donors (Lipinski definition) is 0. The molecule has 1 aromatic carbocycles. The van der Waals surface area contributed by atoms with Crippen LogP contribution in [0.25, 0.3) is 26.8 Å². The van der Waals surface area contributed by atoms with Crippen LogP contribution in [0.2, 0.25) is 0 Å². The van der Waals surface area contributed by atoms with Gasteiger partial charge in [0.2, 0.25) is 0 Å². The number of carbonyl (C=O) groups is 1. The number of benzene rings is 1. The highest BCUT2D eigenvalue weighted by Gasteiger charge is 2.35. The number of aromatic nitrogens is 3. The van der Waals surface area contributed by atoms with Gasteiger partial charge < -0.3 is 9.90 Å². The Morgan fingerprint density at radius 1 is 1.06 bits per heavy atom. The van der Waals surface area contributed by atoms with Crippen molar-refractivity contribution >= 4 is 27.1 Å². The van der Waals surface area contributed by atoms with E-state index in [9.17, 15) is 31.5 Å². The monoisotopic (exact) mass is 520 g/mol. The smallest absolute Gasteiger partial charge is 0.420 e. The van der Waals surface area contributed by atoms with Crippen molar-refractivity contribution in [1.29, 1.82) is 0 Å². The summed E-state index contributed by atoms with van der Waals surface area (Å²) >= 11 is 1.14. The van der Waals surface area contributed by atoms with Crippen molar-refractivity contribution in [3.8, 4) is 26.8 Å². The number of carboxylic acids is 1. The van der Waals surface area contributed by atoms with Gasteiger partial charge in [-0.2, -0.15) is 18.3 Å². The molecule has 0 aliphatic heterocycles. The van der Waals surface area contributed by atoms with Gasteiger partial charge in [-0.05, 0) is 61.9 Å². The lowest BCUT2D eigenvalue weighted by atomic mass is 10.2. The average Bonchev–Trinajstić information content (AvgIpc) is 3.46. The zero-order valence-electron chi connectivity index (χ0n) is 18.3. The molecular weight excluding hydrogens is 503 g/mol. The standard InChI is InChI=1S/C23H18F3N3O4S2/c1-13(2)35(32,33)15-6-3-5-14(11-15)19-8-9-20(34-19)18-12-17(22(30)31)28-29(18)21-16(23(24,25)26)7-4-10-27-21/h3-13H,1-2H3,(H,30,31)/p-1. The van der Waals surface area contributed by atoms with E-state index in [1.807, 2.05) is 0 Å². The maximum Gasteiger partial charge on any atom is 0.420 e. The predicted molar refractivity (Wildman–Crippen MR) is 122 cm³/mol. The van der Waals surface area contributed by atoms with Gasteiger partial charge in [-0.1, -0.05) is 12.1 Å². The number of alkyl halides is 3. The van der Waals surface area contributed by atoms with Crippen molar-refractivity contribution < 1.29 is 31.5 Å². The molecule has 4 rings (SSSR count). The van der Waals surface area contributed by atoms with E-state index in [0.29, 0.717) is 15.3 Å². The van der Waals surface area contributed by atoms with Crippen LogP contribution < -0.4 is 5.11 Å². The molecule has 0 spiro atoms.